The summed E-state index contributed by atoms with van der Waals surface area (Å²) in [6, 6.07) is -0.911. The maximum absolute atomic E-state index is 11.6. The van der Waals surface area contributed by atoms with Crippen molar-refractivity contribution in [2.75, 3.05) is 18.6 Å². The Kier molecular flexibility index (Phi) is 7.51. The second kappa shape index (κ2) is 8.04. The van der Waals surface area contributed by atoms with E-state index in [0.717, 1.165) is 0 Å². The van der Waals surface area contributed by atoms with Gasteiger partial charge in [0.25, 0.3) is 0 Å². The van der Waals surface area contributed by atoms with Crippen LogP contribution < -0.4 is 10.6 Å². The van der Waals surface area contributed by atoms with Gasteiger partial charge in [0.15, 0.2) is 0 Å². The summed E-state index contributed by atoms with van der Waals surface area (Å²) in [7, 11) is 0. The minimum absolute atomic E-state index is 0.209. The van der Waals surface area contributed by atoms with Crippen molar-refractivity contribution in [1.82, 2.24) is 10.6 Å². The molecule has 0 aromatic carbocycles. The van der Waals surface area contributed by atoms with Gasteiger partial charge in [-0.05, 0) is 18.4 Å². The minimum atomic E-state index is -1.07. The lowest BCUT2D eigenvalue weighted by molar-refractivity contribution is -0.141. The topological polar surface area (TPSA) is 95.5 Å². The molecular formula is C12H22N2O4S. The molecule has 0 aliphatic rings. The average Bonchev–Trinajstić information content (AvgIpc) is 2.29. The summed E-state index contributed by atoms with van der Waals surface area (Å²) in [5.41, 5.74) is -0.578. The molecule has 0 spiro atoms. The van der Waals surface area contributed by atoms with E-state index in [4.69, 9.17) is 5.11 Å². The predicted octanol–water partition coefficient (Wildman–Crippen LogP) is 0.471. The predicted molar refractivity (Wildman–Crippen MR) is 75.0 cm³/mol. The van der Waals surface area contributed by atoms with Crippen molar-refractivity contribution in [3.8, 4) is 0 Å². The Morgan fingerprint density at radius 2 is 1.84 bits per heavy atom. The fourth-order valence-corrected chi connectivity index (χ4v) is 1.64. The number of carbonyl (C=O) groups excluding carboxylic acids is 2. The van der Waals surface area contributed by atoms with Gasteiger partial charge in [-0.2, -0.15) is 11.8 Å². The molecule has 19 heavy (non-hydrogen) atoms. The number of rotatable bonds is 7. The molecule has 7 heteroatoms. The van der Waals surface area contributed by atoms with E-state index in [1.807, 2.05) is 6.26 Å². The zero-order valence-electron chi connectivity index (χ0n) is 11.8. The second-order valence-electron chi connectivity index (χ2n) is 5.17. The summed E-state index contributed by atoms with van der Waals surface area (Å²) in [4.78, 5) is 34.0. The van der Waals surface area contributed by atoms with Crippen LogP contribution in [0.25, 0.3) is 0 Å². The smallest absolute Gasteiger partial charge is 0.326 e. The highest BCUT2D eigenvalue weighted by molar-refractivity contribution is 7.98. The molecule has 0 heterocycles. The summed E-state index contributed by atoms with van der Waals surface area (Å²) in [5, 5.41) is 13.8. The summed E-state index contributed by atoms with van der Waals surface area (Å²) in [6.45, 7) is 5.00. The number of aliphatic carboxylic acids is 1. The van der Waals surface area contributed by atoms with Gasteiger partial charge in [-0.25, -0.2) is 4.79 Å². The molecule has 0 aliphatic heterocycles. The first-order valence-corrected chi connectivity index (χ1v) is 7.37. The SMILES string of the molecule is CSCC[C@@H](NC(=O)CNC(=O)C(C)(C)C)C(=O)O. The number of thioether (sulfide) groups is 1. The molecule has 0 rings (SSSR count). The third-order valence-corrected chi connectivity index (χ3v) is 2.98. The highest BCUT2D eigenvalue weighted by Crippen LogP contribution is 2.11. The van der Waals surface area contributed by atoms with Gasteiger partial charge in [0.05, 0.1) is 6.54 Å². The van der Waals surface area contributed by atoms with E-state index in [1.54, 1.807) is 20.8 Å². The molecule has 0 aliphatic carbocycles. The molecule has 2 amide bonds. The Bertz CT molecular complexity index is 339. The first kappa shape index (κ1) is 17.8. The Morgan fingerprint density at radius 3 is 2.26 bits per heavy atom. The molecular weight excluding hydrogens is 268 g/mol. The van der Waals surface area contributed by atoms with E-state index < -0.39 is 23.3 Å². The number of hydrogen-bond acceptors (Lipinski definition) is 4. The zero-order chi connectivity index (χ0) is 15.1. The zero-order valence-corrected chi connectivity index (χ0v) is 12.6. The molecule has 0 saturated heterocycles. The van der Waals surface area contributed by atoms with Crippen LogP contribution in [0.15, 0.2) is 0 Å². The Morgan fingerprint density at radius 1 is 1.26 bits per heavy atom. The fraction of sp³-hybridized carbons (Fsp3) is 0.750. The third-order valence-electron chi connectivity index (χ3n) is 2.33. The highest BCUT2D eigenvalue weighted by Gasteiger charge is 2.23. The van der Waals surface area contributed by atoms with E-state index in [2.05, 4.69) is 10.6 Å². The van der Waals surface area contributed by atoms with Gasteiger partial charge in [0.2, 0.25) is 11.8 Å². The number of nitrogens with one attached hydrogen (secondary N) is 2. The number of carboxylic acid groups (broad SMARTS) is 1. The molecule has 1 atom stereocenters. The van der Waals surface area contributed by atoms with Gasteiger partial charge < -0.3 is 15.7 Å². The van der Waals surface area contributed by atoms with Crippen LogP contribution in [0.4, 0.5) is 0 Å². The van der Waals surface area contributed by atoms with E-state index >= 15 is 0 Å². The van der Waals surface area contributed by atoms with Crippen molar-refractivity contribution >= 4 is 29.5 Å². The standard InChI is InChI=1S/C12H22N2O4S/c1-12(2,3)11(18)13-7-9(15)14-8(10(16)17)5-6-19-4/h8H,5-7H2,1-4H3,(H,13,18)(H,14,15)(H,16,17)/t8-/m1/s1. The van der Waals surface area contributed by atoms with Crippen LogP contribution >= 0.6 is 11.8 Å². The fourth-order valence-electron chi connectivity index (χ4n) is 1.16. The van der Waals surface area contributed by atoms with Crippen molar-refractivity contribution in [1.29, 1.82) is 0 Å². The molecule has 0 saturated carbocycles. The number of carbonyl (C=O) groups is 3. The van der Waals surface area contributed by atoms with Crippen LogP contribution in [-0.4, -0.2) is 47.5 Å². The molecule has 110 valence electrons. The van der Waals surface area contributed by atoms with Gasteiger partial charge in [-0.15, -0.1) is 0 Å². The normalized spacial score (nSPS) is 12.6. The highest BCUT2D eigenvalue weighted by atomic mass is 32.2. The number of carboxylic acids is 1. The molecule has 0 bridgehead atoms. The van der Waals surface area contributed by atoms with Crippen LogP contribution in [0.5, 0.6) is 0 Å². The first-order chi connectivity index (χ1) is 8.68. The van der Waals surface area contributed by atoms with Crippen molar-refractivity contribution in [2.45, 2.75) is 33.2 Å². The summed E-state index contributed by atoms with van der Waals surface area (Å²) >= 11 is 1.51. The lowest BCUT2D eigenvalue weighted by Gasteiger charge is -2.18. The lowest BCUT2D eigenvalue weighted by atomic mass is 9.96. The molecule has 0 fully saturated rings. The van der Waals surface area contributed by atoms with Crippen LogP contribution in [0.2, 0.25) is 0 Å². The van der Waals surface area contributed by atoms with Crippen molar-refractivity contribution in [3.05, 3.63) is 0 Å². The van der Waals surface area contributed by atoms with Gasteiger partial charge in [0.1, 0.15) is 6.04 Å². The Hall–Kier alpha value is -1.24. The van der Waals surface area contributed by atoms with Crippen molar-refractivity contribution < 1.29 is 19.5 Å². The molecule has 0 aromatic heterocycles. The number of hydrogen-bond donors (Lipinski definition) is 3. The summed E-state index contributed by atoms with van der Waals surface area (Å²) in [5.74, 6) is -1.17. The largest absolute Gasteiger partial charge is 0.480 e. The monoisotopic (exact) mass is 290 g/mol. The second-order valence-corrected chi connectivity index (χ2v) is 6.16. The maximum Gasteiger partial charge on any atom is 0.326 e. The van der Waals surface area contributed by atoms with Crippen molar-refractivity contribution in [2.24, 2.45) is 5.41 Å². The molecule has 0 unspecified atom stereocenters. The Labute approximate surface area is 117 Å². The van der Waals surface area contributed by atoms with E-state index in [0.29, 0.717) is 12.2 Å². The molecule has 0 radical (unpaired) electrons. The molecule has 3 N–H and O–H groups in total. The first-order valence-electron chi connectivity index (χ1n) is 5.98. The van der Waals surface area contributed by atoms with Gasteiger partial charge >= 0.3 is 5.97 Å². The van der Waals surface area contributed by atoms with Gasteiger partial charge in [-0.1, -0.05) is 20.8 Å². The molecule has 0 aromatic rings. The van der Waals surface area contributed by atoms with Crippen LogP contribution in [0.3, 0.4) is 0 Å². The third kappa shape index (κ3) is 7.71. The summed E-state index contributed by atoms with van der Waals surface area (Å²) < 4.78 is 0. The Balaban J connectivity index is 4.21. The van der Waals surface area contributed by atoms with E-state index in [-0.39, 0.29) is 12.5 Å². The maximum atomic E-state index is 11.6. The lowest BCUT2D eigenvalue weighted by Crippen LogP contribution is -2.47. The van der Waals surface area contributed by atoms with Gasteiger partial charge in [-0.3, -0.25) is 9.59 Å². The number of amides is 2. The van der Waals surface area contributed by atoms with E-state index in [1.165, 1.54) is 11.8 Å². The van der Waals surface area contributed by atoms with Crippen LogP contribution in [0, 0.1) is 5.41 Å². The average molecular weight is 290 g/mol. The molecule has 6 nitrogen and oxygen atoms in total. The van der Waals surface area contributed by atoms with E-state index in [9.17, 15) is 14.4 Å². The van der Waals surface area contributed by atoms with Crippen LogP contribution in [0.1, 0.15) is 27.2 Å². The minimum Gasteiger partial charge on any atom is -0.480 e. The van der Waals surface area contributed by atoms with Gasteiger partial charge in [0, 0.05) is 5.41 Å². The van der Waals surface area contributed by atoms with Crippen LogP contribution in [-0.2, 0) is 14.4 Å². The quantitative estimate of drug-likeness (QED) is 0.633. The summed E-state index contributed by atoms with van der Waals surface area (Å²) in [6.07, 6.45) is 2.22. The van der Waals surface area contributed by atoms with Crippen molar-refractivity contribution in [3.63, 3.8) is 0 Å².